The average molecular weight is 446 g/mol. The van der Waals surface area contributed by atoms with E-state index in [9.17, 15) is 9.59 Å². The van der Waals surface area contributed by atoms with E-state index in [1.807, 2.05) is 19.9 Å². The highest BCUT2D eigenvalue weighted by Gasteiger charge is 2.16. The molecule has 9 heteroatoms. The van der Waals surface area contributed by atoms with Crippen molar-refractivity contribution in [3.05, 3.63) is 40.0 Å². The monoisotopic (exact) mass is 445 g/mol. The Morgan fingerprint density at radius 2 is 1.93 bits per heavy atom. The van der Waals surface area contributed by atoms with Gasteiger partial charge in [-0.05, 0) is 43.7 Å². The number of anilines is 2. The Bertz CT molecular complexity index is 1080. The van der Waals surface area contributed by atoms with E-state index in [1.54, 1.807) is 29.9 Å². The lowest BCUT2D eigenvalue weighted by molar-refractivity contribution is -0.118. The Morgan fingerprint density at radius 1 is 1.18 bits per heavy atom. The molecule has 1 aromatic carbocycles. The smallest absolute Gasteiger partial charge is 0.262 e. The summed E-state index contributed by atoms with van der Waals surface area (Å²) in [6.45, 7) is 5.04. The molecule has 0 atom stereocenters. The van der Waals surface area contributed by atoms with Gasteiger partial charge in [0.1, 0.15) is 0 Å². The highest BCUT2D eigenvalue weighted by atomic mass is 79.9. The molecule has 0 radical (unpaired) electrons. The fourth-order valence-corrected chi connectivity index (χ4v) is 3.25. The lowest BCUT2D eigenvalue weighted by Gasteiger charge is -2.12. The molecule has 2 amide bonds. The molecule has 28 heavy (non-hydrogen) atoms. The van der Waals surface area contributed by atoms with Gasteiger partial charge in [-0.2, -0.15) is 0 Å². The third kappa shape index (κ3) is 4.30. The maximum atomic E-state index is 12.4. The summed E-state index contributed by atoms with van der Waals surface area (Å²) < 4.78 is 8.06. The first-order valence-corrected chi connectivity index (χ1v) is 9.34. The van der Waals surface area contributed by atoms with Crippen LogP contribution in [0.25, 0.3) is 11.0 Å². The zero-order chi connectivity index (χ0) is 20.4. The van der Waals surface area contributed by atoms with Crippen LogP contribution in [0.5, 0.6) is 5.88 Å². The highest BCUT2D eigenvalue weighted by molar-refractivity contribution is 9.10. The zero-order valence-corrected chi connectivity index (χ0v) is 17.5. The number of pyridine rings is 1. The summed E-state index contributed by atoms with van der Waals surface area (Å²) in [5.74, 6) is -0.248. The minimum Gasteiger partial charge on any atom is -0.466 e. The number of aromatic nitrogens is 3. The molecule has 8 nitrogen and oxygen atoms in total. The third-order valence-corrected chi connectivity index (χ3v) is 4.49. The van der Waals surface area contributed by atoms with Gasteiger partial charge in [0.25, 0.3) is 5.91 Å². The second kappa shape index (κ2) is 7.97. The van der Waals surface area contributed by atoms with Crippen molar-refractivity contribution < 1.29 is 14.3 Å². The SMILES string of the molecule is CC(=O)Nc1ccc(Br)cc1NC(=O)COc1nn(C)c2nc(C)cc(C)c12. The Kier molecular flexibility index (Phi) is 5.64. The standard InChI is InChI=1S/C19H20BrN5O3/c1-10-7-11(2)21-18-17(10)19(24-25(18)4)28-9-16(27)23-15-8-13(20)5-6-14(15)22-12(3)26/h5-8H,9H2,1-4H3,(H,22,26)(H,23,27). The normalized spacial score (nSPS) is 10.8. The van der Waals surface area contributed by atoms with Crippen LogP contribution >= 0.6 is 15.9 Å². The maximum Gasteiger partial charge on any atom is 0.262 e. The molecule has 2 aromatic heterocycles. The van der Waals surface area contributed by atoms with Crippen LogP contribution in [0.4, 0.5) is 11.4 Å². The number of carbonyl (C=O) groups excluding carboxylic acids is 2. The first-order chi connectivity index (χ1) is 13.2. The van der Waals surface area contributed by atoms with Crippen molar-refractivity contribution in [2.24, 2.45) is 7.05 Å². The summed E-state index contributed by atoms with van der Waals surface area (Å²) in [5.41, 5.74) is 3.54. The van der Waals surface area contributed by atoms with Gasteiger partial charge in [-0.1, -0.05) is 15.9 Å². The Morgan fingerprint density at radius 3 is 2.64 bits per heavy atom. The molecule has 0 aliphatic carbocycles. The minimum absolute atomic E-state index is 0.229. The van der Waals surface area contributed by atoms with Crippen LogP contribution in [0.2, 0.25) is 0 Å². The van der Waals surface area contributed by atoms with Crippen LogP contribution < -0.4 is 15.4 Å². The van der Waals surface area contributed by atoms with E-state index < -0.39 is 0 Å². The topological polar surface area (TPSA) is 98.1 Å². The molecular weight excluding hydrogens is 426 g/mol. The number of fused-ring (bicyclic) bond motifs is 1. The zero-order valence-electron chi connectivity index (χ0n) is 16.0. The summed E-state index contributed by atoms with van der Waals surface area (Å²) in [7, 11) is 1.78. The number of carbonyl (C=O) groups is 2. The van der Waals surface area contributed by atoms with Crippen molar-refractivity contribution in [3.8, 4) is 5.88 Å². The lowest BCUT2D eigenvalue weighted by atomic mass is 10.2. The number of benzene rings is 1. The molecule has 0 unspecified atom stereocenters. The van der Waals surface area contributed by atoms with Gasteiger partial charge >= 0.3 is 0 Å². The molecule has 0 fully saturated rings. The van der Waals surface area contributed by atoms with Crippen LogP contribution in [0, 0.1) is 13.8 Å². The number of hydrogen-bond donors (Lipinski definition) is 2. The molecule has 0 bridgehead atoms. The van der Waals surface area contributed by atoms with E-state index in [0.717, 1.165) is 21.1 Å². The van der Waals surface area contributed by atoms with E-state index in [2.05, 4.69) is 36.6 Å². The van der Waals surface area contributed by atoms with E-state index in [-0.39, 0.29) is 18.4 Å². The van der Waals surface area contributed by atoms with Crippen molar-refractivity contribution >= 4 is 50.2 Å². The molecule has 3 aromatic rings. The summed E-state index contributed by atoms with van der Waals surface area (Å²) in [5, 5.41) is 10.5. The number of amides is 2. The van der Waals surface area contributed by atoms with E-state index in [1.165, 1.54) is 6.92 Å². The lowest BCUT2D eigenvalue weighted by Crippen LogP contribution is -2.21. The van der Waals surface area contributed by atoms with Crippen LogP contribution in [0.15, 0.2) is 28.7 Å². The van der Waals surface area contributed by atoms with Gasteiger partial charge in [0.05, 0.1) is 16.8 Å². The molecule has 0 aliphatic rings. The van der Waals surface area contributed by atoms with Crippen molar-refractivity contribution in [2.45, 2.75) is 20.8 Å². The first kappa shape index (κ1) is 19.8. The predicted molar refractivity (Wildman–Crippen MR) is 111 cm³/mol. The van der Waals surface area contributed by atoms with Gasteiger partial charge in [-0.25, -0.2) is 9.67 Å². The number of hydrogen-bond acceptors (Lipinski definition) is 5. The van der Waals surface area contributed by atoms with Crippen LogP contribution in [-0.2, 0) is 16.6 Å². The molecule has 0 spiro atoms. The molecule has 3 rings (SSSR count). The number of ether oxygens (including phenoxy) is 1. The average Bonchev–Trinajstić information content (AvgIpc) is 2.91. The van der Waals surface area contributed by atoms with Crippen molar-refractivity contribution in [1.29, 1.82) is 0 Å². The largest absolute Gasteiger partial charge is 0.466 e. The highest BCUT2D eigenvalue weighted by Crippen LogP contribution is 2.28. The van der Waals surface area contributed by atoms with Crippen LogP contribution in [-0.4, -0.2) is 33.2 Å². The molecule has 2 N–H and O–H groups in total. The number of nitrogens with one attached hydrogen (secondary N) is 2. The van der Waals surface area contributed by atoms with Crippen molar-refractivity contribution in [2.75, 3.05) is 17.2 Å². The van der Waals surface area contributed by atoms with Crippen molar-refractivity contribution in [3.63, 3.8) is 0 Å². The van der Waals surface area contributed by atoms with Crippen LogP contribution in [0.3, 0.4) is 0 Å². The minimum atomic E-state index is -0.374. The number of aryl methyl sites for hydroxylation is 3. The Balaban J connectivity index is 1.76. The summed E-state index contributed by atoms with van der Waals surface area (Å²) in [6.07, 6.45) is 0. The second-order valence-corrected chi connectivity index (χ2v) is 7.33. The Labute approximate surface area is 170 Å². The number of nitrogens with zero attached hydrogens (tertiary/aromatic N) is 3. The molecule has 0 saturated carbocycles. The fourth-order valence-electron chi connectivity index (χ4n) is 2.89. The maximum absolute atomic E-state index is 12.4. The molecular formula is C19H20BrN5O3. The summed E-state index contributed by atoms with van der Waals surface area (Å²) in [4.78, 5) is 28.2. The molecule has 146 valence electrons. The van der Waals surface area contributed by atoms with Gasteiger partial charge < -0.3 is 15.4 Å². The fraction of sp³-hybridized carbons (Fsp3) is 0.263. The number of halogens is 1. The summed E-state index contributed by atoms with van der Waals surface area (Å²) >= 11 is 3.36. The molecule has 0 saturated heterocycles. The van der Waals surface area contributed by atoms with E-state index >= 15 is 0 Å². The van der Waals surface area contributed by atoms with Gasteiger partial charge in [0.15, 0.2) is 12.3 Å². The summed E-state index contributed by atoms with van der Waals surface area (Å²) in [6, 6.07) is 7.12. The predicted octanol–water partition coefficient (Wildman–Crippen LogP) is 3.32. The molecule has 2 heterocycles. The van der Waals surface area contributed by atoms with Gasteiger partial charge in [-0.3, -0.25) is 9.59 Å². The van der Waals surface area contributed by atoms with Gasteiger partial charge in [0, 0.05) is 24.1 Å². The van der Waals surface area contributed by atoms with E-state index in [0.29, 0.717) is 22.9 Å². The quantitative estimate of drug-likeness (QED) is 0.627. The van der Waals surface area contributed by atoms with Gasteiger partial charge in [-0.15, -0.1) is 5.10 Å². The first-order valence-electron chi connectivity index (χ1n) is 8.55. The van der Waals surface area contributed by atoms with Crippen LogP contribution in [0.1, 0.15) is 18.2 Å². The molecule has 0 aliphatic heterocycles. The van der Waals surface area contributed by atoms with Gasteiger partial charge in [0.2, 0.25) is 11.8 Å². The Hall–Kier alpha value is -2.94. The second-order valence-electron chi connectivity index (χ2n) is 6.42. The van der Waals surface area contributed by atoms with E-state index in [4.69, 9.17) is 4.74 Å². The van der Waals surface area contributed by atoms with Crippen molar-refractivity contribution in [1.82, 2.24) is 14.8 Å². The third-order valence-electron chi connectivity index (χ3n) is 3.99. The number of rotatable bonds is 5.